The topological polar surface area (TPSA) is 44.8 Å². The molecule has 0 unspecified atom stereocenters. The number of amides is 2. The molecule has 0 spiro atoms. The van der Waals surface area contributed by atoms with E-state index in [-0.39, 0.29) is 6.03 Å². The van der Waals surface area contributed by atoms with Crippen molar-refractivity contribution < 1.29 is 9.53 Å². The summed E-state index contributed by atoms with van der Waals surface area (Å²) in [6.07, 6.45) is 2.66. The number of urea groups is 1. The van der Waals surface area contributed by atoms with E-state index in [1.807, 2.05) is 36.1 Å². The van der Waals surface area contributed by atoms with Crippen LogP contribution in [0.2, 0.25) is 0 Å². The molecule has 0 atom stereocenters. The van der Waals surface area contributed by atoms with Crippen molar-refractivity contribution in [2.24, 2.45) is 0 Å². The Morgan fingerprint density at radius 2 is 1.86 bits per heavy atom. The van der Waals surface area contributed by atoms with E-state index in [4.69, 9.17) is 4.74 Å². The Hall–Kier alpha value is -1.75. The van der Waals surface area contributed by atoms with Crippen LogP contribution in [0.3, 0.4) is 0 Å². The second kappa shape index (κ2) is 6.35. The van der Waals surface area contributed by atoms with Crippen LogP contribution in [0.1, 0.15) is 19.8 Å². The van der Waals surface area contributed by atoms with Gasteiger partial charge in [-0.05, 0) is 44.0 Å². The molecule has 3 rings (SSSR count). The quantitative estimate of drug-likeness (QED) is 0.925. The molecule has 2 fully saturated rings. The molecule has 1 aliphatic heterocycles. The number of piperazine rings is 1. The first-order valence-electron chi connectivity index (χ1n) is 7.79. The maximum absolute atomic E-state index is 12.2. The molecule has 1 saturated carbocycles. The van der Waals surface area contributed by atoms with E-state index in [1.165, 1.54) is 12.8 Å². The molecule has 5 heteroatoms. The van der Waals surface area contributed by atoms with Crippen molar-refractivity contribution in [1.29, 1.82) is 0 Å². The number of anilines is 1. The van der Waals surface area contributed by atoms with E-state index in [0.717, 1.165) is 43.7 Å². The minimum atomic E-state index is -0.00499. The molecule has 1 heterocycles. The largest absolute Gasteiger partial charge is 0.494 e. The van der Waals surface area contributed by atoms with Crippen molar-refractivity contribution in [2.75, 3.05) is 38.1 Å². The zero-order chi connectivity index (χ0) is 14.7. The predicted octanol–water partition coefficient (Wildman–Crippen LogP) is 2.40. The lowest BCUT2D eigenvalue weighted by Gasteiger charge is -2.34. The monoisotopic (exact) mass is 289 g/mol. The van der Waals surface area contributed by atoms with Gasteiger partial charge in [-0.15, -0.1) is 0 Å². The summed E-state index contributed by atoms with van der Waals surface area (Å²) in [7, 11) is 0. The van der Waals surface area contributed by atoms with Crippen molar-refractivity contribution in [3.63, 3.8) is 0 Å². The van der Waals surface area contributed by atoms with E-state index in [1.54, 1.807) is 0 Å². The minimum absolute atomic E-state index is 0.00499. The van der Waals surface area contributed by atoms with Gasteiger partial charge in [0.2, 0.25) is 0 Å². The molecule has 2 amide bonds. The zero-order valence-corrected chi connectivity index (χ0v) is 12.5. The molecule has 0 bridgehead atoms. The van der Waals surface area contributed by atoms with Gasteiger partial charge in [-0.3, -0.25) is 4.90 Å². The molecular weight excluding hydrogens is 266 g/mol. The van der Waals surface area contributed by atoms with Gasteiger partial charge in [0.15, 0.2) is 0 Å². The smallest absolute Gasteiger partial charge is 0.321 e. The van der Waals surface area contributed by atoms with Gasteiger partial charge >= 0.3 is 6.03 Å². The number of hydrogen-bond donors (Lipinski definition) is 1. The van der Waals surface area contributed by atoms with E-state index in [2.05, 4.69) is 10.2 Å². The van der Waals surface area contributed by atoms with Crippen LogP contribution in [0, 0.1) is 0 Å². The van der Waals surface area contributed by atoms with Crippen molar-refractivity contribution in [3.8, 4) is 5.75 Å². The molecule has 1 aromatic rings. The Morgan fingerprint density at radius 1 is 1.19 bits per heavy atom. The van der Waals surface area contributed by atoms with Gasteiger partial charge in [0.05, 0.1) is 6.61 Å². The Balaban J connectivity index is 1.49. The summed E-state index contributed by atoms with van der Waals surface area (Å²) in [4.78, 5) is 16.6. The van der Waals surface area contributed by atoms with Gasteiger partial charge in [0.1, 0.15) is 5.75 Å². The SMILES string of the molecule is CCOc1ccc(NC(=O)N2CCN(C3CC3)CC2)cc1. The number of rotatable bonds is 4. The predicted molar refractivity (Wildman–Crippen MR) is 82.8 cm³/mol. The van der Waals surface area contributed by atoms with Crippen LogP contribution in [0.4, 0.5) is 10.5 Å². The third-order valence-electron chi connectivity index (χ3n) is 4.08. The van der Waals surface area contributed by atoms with Crippen molar-refractivity contribution in [2.45, 2.75) is 25.8 Å². The first-order valence-corrected chi connectivity index (χ1v) is 7.79. The number of hydrogen-bond acceptors (Lipinski definition) is 3. The van der Waals surface area contributed by atoms with Gasteiger partial charge in [0, 0.05) is 37.9 Å². The van der Waals surface area contributed by atoms with Gasteiger partial charge in [-0.1, -0.05) is 0 Å². The summed E-state index contributed by atoms with van der Waals surface area (Å²) in [5.74, 6) is 0.827. The standard InChI is InChI=1S/C16H23N3O2/c1-2-21-15-7-3-13(4-8-15)17-16(20)19-11-9-18(10-12-19)14-5-6-14/h3-4,7-8,14H,2,5-6,9-12H2,1H3,(H,17,20). The van der Waals surface area contributed by atoms with Gasteiger partial charge < -0.3 is 15.0 Å². The number of nitrogens with zero attached hydrogens (tertiary/aromatic N) is 2. The highest BCUT2D eigenvalue weighted by Crippen LogP contribution is 2.27. The lowest BCUT2D eigenvalue weighted by Crippen LogP contribution is -2.50. The highest BCUT2D eigenvalue weighted by molar-refractivity contribution is 5.89. The van der Waals surface area contributed by atoms with Gasteiger partial charge in [-0.2, -0.15) is 0 Å². The maximum atomic E-state index is 12.2. The number of benzene rings is 1. The first-order chi connectivity index (χ1) is 10.3. The summed E-state index contributed by atoms with van der Waals surface area (Å²) in [6, 6.07) is 8.30. The lowest BCUT2D eigenvalue weighted by molar-refractivity contribution is 0.142. The fourth-order valence-corrected chi connectivity index (χ4v) is 2.73. The second-order valence-corrected chi connectivity index (χ2v) is 5.64. The lowest BCUT2D eigenvalue weighted by atomic mass is 10.3. The number of carbonyl (C=O) groups excluding carboxylic acids is 1. The Kier molecular flexibility index (Phi) is 4.29. The Morgan fingerprint density at radius 3 is 2.43 bits per heavy atom. The third kappa shape index (κ3) is 3.67. The molecule has 1 N–H and O–H groups in total. The number of carbonyl (C=O) groups is 1. The maximum Gasteiger partial charge on any atom is 0.321 e. The fraction of sp³-hybridized carbons (Fsp3) is 0.562. The van der Waals surface area contributed by atoms with E-state index in [0.29, 0.717) is 6.61 Å². The average molecular weight is 289 g/mol. The van der Waals surface area contributed by atoms with Crippen LogP contribution in [0.15, 0.2) is 24.3 Å². The van der Waals surface area contributed by atoms with Crippen LogP contribution in [-0.4, -0.2) is 54.7 Å². The molecule has 114 valence electrons. The molecule has 21 heavy (non-hydrogen) atoms. The van der Waals surface area contributed by atoms with Gasteiger partial charge in [0.25, 0.3) is 0 Å². The fourth-order valence-electron chi connectivity index (χ4n) is 2.73. The van der Waals surface area contributed by atoms with E-state index in [9.17, 15) is 4.79 Å². The first kappa shape index (κ1) is 14.2. The molecule has 1 aromatic carbocycles. The van der Waals surface area contributed by atoms with Crippen LogP contribution >= 0.6 is 0 Å². The summed E-state index contributed by atoms with van der Waals surface area (Å²) in [5.41, 5.74) is 0.813. The van der Waals surface area contributed by atoms with E-state index >= 15 is 0 Å². The molecule has 0 aromatic heterocycles. The summed E-state index contributed by atoms with van der Waals surface area (Å²) < 4.78 is 5.39. The average Bonchev–Trinajstić information content (AvgIpc) is 3.34. The van der Waals surface area contributed by atoms with Crippen molar-refractivity contribution >= 4 is 11.7 Å². The molecule has 1 saturated heterocycles. The normalized spacial score (nSPS) is 19.4. The molecular formula is C16H23N3O2. The van der Waals surface area contributed by atoms with Crippen LogP contribution in [0.5, 0.6) is 5.75 Å². The van der Waals surface area contributed by atoms with Crippen molar-refractivity contribution in [3.05, 3.63) is 24.3 Å². The van der Waals surface area contributed by atoms with Gasteiger partial charge in [-0.25, -0.2) is 4.79 Å². The highest BCUT2D eigenvalue weighted by Gasteiger charge is 2.32. The Labute approximate surface area is 125 Å². The number of nitrogens with one attached hydrogen (secondary N) is 1. The second-order valence-electron chi connectivity index (χ2n) is 5.64. The molecule has 2 aliphatic rings. The zero-order valence-electron chi connectivity index (χ0n) is 12.5. The third-order valence-corrected chi connectivity index (χ3v) is 4.08. The summed E-state index contributed by atoms with van der Waals surface area (Å²) in [6.45, 7) is 6.25. The number of ether oxygens (including phenoxy) is 1. The minimum Gasteiger partial charge on any atom is -0.494 e. The summed E-state index contributed by atoms with van der Waals surface area (Å²) in [5, 5.41) is 2.95. The van der Waals surface area contributed by atoms with Crippen LogP contribution in [0.25, 0.3) is 0 Å². The van der Waals surface area contributed by atoms with Crippen molar-refractivity contribution in [1.82, 2.24) is 9.80 Å². The molecule has 0 radical (unpaired) electrons. The highest BCUT2D eigenvalue weighted by atomic mass is 16.5. The Bertz CT molecular complexity index is 477. The van der Waals surface area contributed by atoms with E-state index < -0.39 is 0 Å². The van der Waals surface area contributed by atoms with Crippen LogP contribution < -0.4 is 10.1 Å². The summed E-state index contributed by atoms with van der Waals surface area (Å²) >= 11 is 0. The van der Waals surface area contributed by atoms with Crippen LogP contribution in [-0.2, 0) is 0 Å². The molecule has 5 nitrogen and oxygen atoms in total. The molecule has 1 aliphatic carbocycles.